The fourth-order valence-corrected chi connectivity index (χ4v) is 1.51. The largest absolute Gasteiger partial charge is 0.481 e. The van der Waals surface area contributed by atoms with Gasteiger partial charge in [0.1, 0.15) is 0 Å². The van der Waals surface area contributed by atoms with Gasteiger partial charge in [-0.05, 0) is 31.5 Å². The highest BCUT2D eigenvalue weighted by Crippen LogP contribution is 2.09. The predicted octanol–water partition coefficient (Wildman–Crippen LogP) is 2.25. The number of halogens is 1. The topological polar surface area (TPSA) is 78.4 Å². The monoisotopic (exact) mass is 284 g/mol. The molecule has 0 fully saturated rings. The van der Waals surface area contributed by atoms with Crippen LogP contribution in [0.15, 0.2) is 24.3 Å². The molecule has 0 aliphatic carbocycles. The first kappa shape index (κ1) is 15.3. The summed E-state index contributed by atoms with van der Waals surface area (Å²) in [4.78, 5) is 22.3. The van der Waals surface area contributed by atoms with E-state index in [1.807, 2.05) is 12.1 Å². The molecule has 3 N–H and O–H groups in total. The van der Waals surface area contributed by atoms with Crippen LogP contribution in [0.25, 0.3) is 0 Å². The van der Waals surface area contributed by atoms with E-state index in [0.717, 1.165) is 5.56 Å². The number of carboxylic acids is 1. The Morgan fingerprint density at radius 1 is 1.26 bits per heavy atom. The van der Waals surface area contributed by atoms with E-state index in [1.165, 1.54) is 0 Å². The van der Waals surface area contributed by atoms with Crippen LogP contribution in [0.2, 0.25) is 5.02 Å². The van der Waals surface area contributed by atoms with Crippen molar-refractivity contribution in [1.29, 1.82) is 0 Å². The molecule has 0 aromatic heterocycles. The van der Waals surface area contributed by atoms with E-state index in [0.29, 0.717) is 11.6 Å². The molecular weight excluding hydrogens is 268 g/mol. The lowest BCUT2D eigenvalue weighted by atomic mass is 10.0. The van der Waals surface area contributed by atoms with Gasteiger partial charge >= 0.3 is 12.0 Å². The highest BCUT2D eigenvalue weighted by molar-refractivity contribution is 6.30. The lowest BCUT2D eigenvalue weighted by Crippen LogP contribution is -2.44. The summed E-state index contributed by atoms with van der Waals surface area (Å²) in [5.41, 5.74) is 0.915. The van der Waals surface area contributed by atoms with E-state index in [4.69, 9.17) is 16.7 Å². The minimum atomic E-state index is -0.939. The van der Waals surface area contributed by atoms with Crippen molar-refractivity contribution in [2.45, 2.75) is 26.4 Å². The molecule has 6 heteroatoms. The van der Waals surface area contributed by atoms with Crippen LogP contribution >= 0.6 is 11.6 Å². The molecule has 1 rings (SSSR count). The quantitative estimate of drug-likeness (QED) is 0.776. The van der Waals surface area contributed by atoms with Gasteiger partial charge in [-0.2, -0.15) is 0 Å². The molecule has 0 saturated heterocycles. The van der Waals surface area contributed by atoms with Crippen molar-refractivity contribution in [2.75, 3.05) is 0 Å². The zero-order chi connectivity index (χ0) is 14.4. The third kappa shape index (κ3) is 5.18. The summed E-state index contributed by atoms with van der Waals surface area (Å²) in [6.07, 6.45) is 0. The van der Waals surface area contributed by atoms with Crippen LogP contribution in [0.4, 0.5) is 4.79 Å². The number of hydrogen-bond acceptors (Lipinski definition) is 2. The van der Waals surface area contributed by atoms with Gasteiger partial charge in [0.15, 0.2) is 0 Å². The summed E-state index contributed by atoms with van der Waals surface area (Å²) in [5, 5.41) is 14.7. The Labute approximate surface area is 117 Å². The smallest absolute Gasteiger partial charge is 0.315 e. The number of carbonyl (C=O) groups is 2. The number of rotatable bonds is 5. The molecule has 0 spiro atoms. The van der Waals surface area contributed by atoms with Gasteiger partial charge in [-0.1, -0.05) is 23.7 Å². The maximum Gasteiger partial charge on any atom is 0.315 e. The summed E-state index contributed by atoms with van der Waals surface area (Å²) < 4.78 is 0. The summed E-state index contributed by atoms with van der Waals surface area (Å²) in [6.45, 7) is 3.56. The summed E-state index contributed by atoms with van der Waals surface area (Å²) in [7, 11) is 0. The molecule has 1 aromatic carbocycles. The Morgan fingerprint density at radius 2 is 1.84 bits per heavy atom. The van der Waals surface area contributed by atoms with Gasteiger partial charge < -0.3 is 15.7 Å². The second kappa shape index (κ2) is 6.99. The molecule has 5 nitrogen and oxygen atoms in total. The fourth-order valence-electron chi connectivity index (χ4n) is 1.38. The van der Waals surface area contributed by atoms with Gasteiger partial charge in [0.05, 0.1) is 5.92 Å². The van der Waals surface area contributed by atoms with Gasteiger partial charge in [-0.3, -0.25) is 4.79 Å². The maximum atomic E-state index is 11.6. The molecule has 0 aliphatic rings. The third-order valence-electron chi connectivity index (χ3n) is 2.86. The Bertz CT molecular complexity index is 448. The molecule has 19 heavy (non-hydrogen) atoms. The van der Waals surface area contributed by atoms with Crippen LogP contribution in [-0.4, -0.2) is 23.1 Å². The molecular formula is C13H17ClN2O3. The first-order chi connectivity index (χ1) is 8.90. The van der Waals surface area contributed by atoms with Crippen molar-refractivity contribution in [1.82, 2.24) is 10.6 Å². The first-order valence-corrected chi connectivity index (χ1v) is 6.29. The van der Waals surface area contributed by atoms with Crippen molar-refractivity contribution in [3.8, 4) is 0 Å². The number of amides is 2. The molecule has 2 atom stereocenters. The zero-order valence-electron chi connectivity index (χ0n) is 10.8. The minimum absolute atomic E-state index is 0.358. The molecule has 0 aliphatic heterocycles. The molecule has 2 unspecified atom stereocenters. The van der Waals surface area contributed by atoms with Crippen LogP contribution in [-0.2, 0) is 11.3 Å². The molecule has 0 saturated carbocycles. The van der Waals surface area contributed by atoms with E-state index < -0.39 is 24.0 Å². The average Bonchev–Trinajstić information content (AvgIpc) is 2.37. The van der Waals surface area contributed by atoms with Gasteiger partial charge in [-0.25, -0.2) is 4.79 Å². The van der Waals surface area contributed by atoms with Gasteiger partial charge in [0, 0.05) is 17.6 Å². The Hall–Kier alpha value is -1.75. The van der Waals surface area contributed by atoms with Crippen molar-refractivity contribution in [3.63, 3.8) is 0 Å². The van der Waals surface area contributed by atoms with Crippen LogP contribution in [0.1, 0.15) is 19.4 Å². The van der Waals surface area contributed by atoms with Crippen molar-refractivity contribution < 1.29 is 14.7 Å². The van der Waals surface area contributed by atoms with Crippen LogP contribution < -0.4 is 10.6 Å². The van der Waals surface area contributed by atoms with Crippen molar-refractivity contribution in [3.05, 3.63) is 34.9 Å². The Kier molecular flexibility index (Phi) is 5.63. The van der Waals surface area contributed by atoms with E-state index in [9.17, 15) is 9.59 Å². The minimum Gasteiger partial charge on any atom is -0.481 e. The number of urea groups is 1. The molecule has 104 valence electrons. The van der Waals surface area contributed by atoms with Crippen molar-refractivity contribution >= 4 is 23.6 Å². The summed E-state index contributed by atoms with van der Waals surface area (Å²) in [5.74, 6) is -1.58. The van der Waals surface area contributed by atoms with E-state index in [-0.39, 0.29) is 0 Å². The lowest BCUT2D eigenvalue weighted by molar-refractivity contribution is -0.141. The Balaban J connectivity index is 2.39. The highest BCUT2D eigenvalue weighted by Gasteiger charge is 2.20. The molecule has 0 heterocycles. The van der Waals surface area contributed by atoms with Crippen LogP contribution in [0, 0.1) is 5.92 Å². The summed E-state index contributed by atoms with van der Waals surface area (Å²) >= 11 is 5.75. The van der Waals surface area contributed by atoms with E-state index in [1.54, 1.807) is 26.0 Å². The number of aliphatic carboxylic acids is 1. The van der Waals surface area contributed by atoms with Gasteiger partial charge in [0.25, 0.3) is 0 Å². The van der Waals surface area contributed by atoms with Crippen LogP contribution in [0.3, 0.4) is 0 Å². The third-order valence-corrected chi connectivity index (χ3v) is 3.12. The first-order valence-electron chi connectivity index (χ1n) is 5.91. The Morgan fingerprint density at radius 3 is 2.37 bits per heavy atom. The summed E-state index contributed by atoms with van der Waals surface area (Å²) in [6, 6.07) is 6.27. The normalized spacial score (nSPS) is 13.4. The molecule has 2 amide bonds. The molecule has 0 radical (unpaired) electrons. The fraction of sp³-hybridized carbons (Fsp3) is 0.385. The van der Waals surface area contributed by atoms with Gasteiger partial charge in [0.2, 0.25) is 0 Å². The van der Waals surface area contributed by atoms with E-state index in [2.05, 4.69) is 10.6 Å². The number of nitrogens with one attached hydrogen (secondary N) is 2. The van der Waals surface area contributed by atoms with E-state index >= 15 is 0 Å². The lowest BCUT2D eigenvalue weighted by Gasteiger charge is -2.18. The number of benzene rings is 1. The zero-order valence-corrected chi connectivity index (χ0v) is 11.6. The predicted molar refractivity (Wildman–Crippen MR) is 73.1 cm³/mol. The number of carboxylic acid groups (broad SMARTS) is 1. The van der Waals surface area contributed by atoms with Crippen LogP contribution in [0.5, 0.6) is 0 Å². The maximum absolute atomic E-state index is 11.6. The number of hydrogen-bond donors (Lipinski definition) is 3. The van der Waals surface area contributed by atoms with Gasteiger partial charge in [-0.15, -0.1) is 0 Å². The SMILES string of the molecule is CC(NC(=O)NCc1ccc(Cl)cc1)C(C)C(=O)O. The second-order valence-corrected chi connectivity index (χ2v) is 4.81. The highest BCUT2D eigenvalue weighted by atomic mass is 35.5. The molecule has 1 aromatic rings. The number of carbonyl (C=O) groups excluding carboxylic acids is 1. The van der Waals surface area contributed by atoms with Crippen molar-refractivity contribution in [2.24, 2.45) is 5.92 Å². The standard InChI is InChI=1S/C13H17ClN2O3/c1-8(12(17)18)9(2)16-13(19)15-7-10-3-5-11(14)6-4-10/h3-6,8-9H,7H2,1-2H3,(H,17,18)(H2,15,16,19). The average molecular weight is 285 g/mol. The molecule has 0 bridgehead atoms. The second-order valence-electron chi connectivity index (χ2n) is 4.37.